The van der Waals surface area contributed by atoms with E-state index in [1.165, 1.54) is 11.1 Å². The van der Waals surface area contributed by atoms with E-state index in [9.17, 15) is 9.59 Å². The van der Waals surface area contributed by atoms with E-state index in [2.05, 4.69) is 19.2 Å². The van der Waals surface area contributed by atoms with Gasteiger partial charge in [-0.1, -0.05) is 26.3 Å². The molecule has 3 fully saturated rings. The highest BCUT2D eigenvalue weighted by Gasteiger charge is 2.60. The van der Waals surface area contributed by atoms with Gasteiger partial charge in [0.05, 0.1) is 17.6 Å². The van der Waals surface area contributed by atoms with Gasteiger partial charge < -0.3 is 24.3 Å². The zero-order chi connectivity index (χ0) is 23.6. The van der Waals surface area contributed by atoms with Crippen molar-refractivity contribution in [2.24, 2.45) is 11.3 Å². The maximum atomic E-state index is 13.7. The van der Waals surface area contributed by atoms with Gasteiger partial charge in [0.15, 0.2) is 0 Å². The van der Waals surface area contributed by atoms with Crippen molar-refractivity contribution >= 4 is 19.1 Å². The largest absolute Gasteiger partial charge is 0.482 e. The lowest BCUT2D eigenvalue weighted by Gasteiger charge is -2.49. The number of rotatable bonds is 3. The highest BCUT2D eigenvalue weighted by molar-refractivity contribution is 6.48. The second-order valence-electron chi connectivity index (χ2n) is 12.3. The molecule has 178 valence electrons. The summed E-state index contributed by atoms with van der Waals surface area (Å²) in [6, 6.07) is -0.699. The topological polar surface area (TPSA) is 77.1 Å². The molecule has 0 radical (unpaired) electrons. The SMILES string of the molecule is CC1=C2CC1C[C@]1(C)OB(C3CCCN3C(=O)C(NC(=O)OC(C)(C)C)C(C)(C)C)OC21. The lowest BCUT2D eigenvalue weighted by molar-refractivity contribution is -0.136. The minimum Gasteiger partial charge on any atom is -0.444 e. The molecule has 0 aromatic heterocycles. The van der Waals surface area contributed by atoms with Crippen molar-refractivity contribution < 1.29 is 23.6 Å². The average Bonchev–Trinajstić information content (AvgIpc) is 3.26. The van der Waals surface area contributed by atoms with Crippen LogP contribution in [0, 0.1) is 11.3 Å². The second kappa shape index (κ2) is 7.76. The fourth-order valence-corrected chi connectivity index (χ4v) is 5.74. The molecule has 4 unspecified atom stereocenters. The molecule has 1 saturated carbocycles. The first-order valence-corrected chi connectivity index (χ1v) is 12.0. The fourth-order valence-electron chi connectivity index (χ4n) is 5.74. The maximum absolute atomic E-state index is 13.7. The fraction of sp³-hybridized carbons (Fsp3) is 0.833. The number of hydrogen-bond acceptors (Lipinski definition) is 5. The summed E-state index contributed by atoms with van der Waals surface area (Å²) in [5, 5.41) is 2.84. The molecule has 5 atom stereocenters. The number of amides is 2. The van der Waals surface area contributed by atoms with Crippen molar-refractivity contribution in [2.45, 2.75) is 110 Å². The van der Waals surface area contributed by atoms with Gasteiger partial charge in [0.1, 0.15) is 11.6 Å². The minimum atomic E-state index is -0.699. The second-order valence-corrected chi connectivity index (χ2v) is 12.3. The van der Waals surface area contributed by atoms with Crippen LogP contribution in [0.3, 0.4) is 0 Å². The molecule has 1 N–H and O–H groups in total. The third-order valence-corrected chi connectivity index (χ3v) is 7.43. The van der Waals surface area contributed by atoms with Crippen LogP contribution in [0.4, 0.5) is 4.79 Å². The lowest BCUT2D eigenvalue weighted by atomic mass is 9.62. The molecule has 32 heavy (non-hydrogen) atoms. The van der Waals surface area contributed by atoms with E-state index < -0.39 is 30.3 Å². The van der Waals surface area contributed by atoms with Crippen LogP contribution < -0.4 is 5.32 Å². The average molecular weight is 446 g/mol. The van der Waals surface area contributed by atoms with Crippen molar-refractivity contribution in [1.29, 1.82) is 0 Å². The predicted molar refractivity (Wildman–Crippen MR) is 123 cm³/mol. The Labute approximate surface area is 192 Å². The van der Waals surface area contributed by atoms with Crippen LogP contribution in [-0.4, -0.2) is 59.9 Å². The smallest absolute Gasteiger partial charge is 0.444 e. The molecule has 0 spiro atoms. The Hall–Kier alpha value is -1.54. The summed E-state index contributed by atoms with van der Waals surface area (Å²) in [6.45, 7) is 16.3. The summed E-state index contributed by atoms with van der Waals surface area (Å²) in [5.41, 5.74) is 1.45. The molecular formula is C24H39BN2O5. The van der Waals surface area contributed by atoms with Crippen molar-refractivity contribution in [3.63, 3.8) is 0 Å². The third kappa shape index (κ3) is 4.20. The van der Waals surface area contributed by atoms with Crippen LogP contribution >= 0.6 is 0 Å². The quantitative estimate of drug-likeness (QED) is 0.526. The van der Waals surface area contributed by atoms with Crippen LogP contribution in [-0.2, 0) is 18.8 Å². The van der Waals surface area contributed by atoms with Gasteiger partial charge in [-0.15, -0.1) is 0 Å². The van der Waals surface area contributed by atoms with Gasteiger partial charge in [-0.2, -0.15) is 0 Å². The number of hydrogen-bond donors (Lipinski definition) is 1. The maximum Gasteiger partial charge on any atom is 0.482 e. The molecule has 2 aliphatic heterocycles. The van der Waals surface area contributed by atoms with E-state index in [4.69, 9.17) is 14.0 Å². The normalized spacial score (nSPS) is 33.1. The Morgan fingerprint density at radius 2 is 1.94 bits per heavy atom. The van der Waals surface area contributed by atoms with Crippen LogP contribution in [0.5, 0.6) is 0 Å². The Morgan fingerprint density at radius 1 is 1.25 bits per heavy atom. The molecule has 2 amide bonds. The van der Waals surface area contributed by atoms with Crippen molar-refractivity contribution in [1.82, 2.24) is 10.2 Å². The summed E-state index contributed by atoms with van der Waals surface area (Å²) in [4.78, 5) is 28.1. The number of nitrogens with zero attached hydrogens (tertiary/aromatic N) is 1. The zero-order valence-corrected chi connectivity index (χ0v) is 20.9. The van der Waals surface area contributed by atoms with Crippen LogP contribution in [0.1, 0.15) is 81.1 Å². The lowest BCUT2D eigenvalue weighted by Crippen LogP contribution is -2.58. The van der Waals surface area contributed by atoms with Crippen molar-refractivity contribution in [2.75, 3.05) is 6.54 Å². The summed E-state index contributed by atoms with van der Waals surface area (Å²) in [6.07, 6.45) is 3.25. The van der Waals surface area contributed by atoms with E-state index in [1.54, 1.807) is 0 Å². The standard InChI is InChI=1S/C24H39BN2O5/c1-14-15-12-16(14)19-24(8,13-15)32-25(31-19)17-10-9-11-27(17)20(28)18(22(2,3)4)26-21(29)30-23(5,6)7/h15,17-19H,9-13H2,1-8H3,(H,26,29)/t15?,17?,18?,19?,24-/m0/s1. The first-order valence-electron chi connectivity index (χ1n) is 12.0. The summed E-state index contributed by atoms with van der Waals surface area (Å²) >= 11 is 0. The van der Waals surface area contributed by atoms with E-state index in [0.29, 0.717) is 12.5 Å². The monoisotopic (exact) mass is 446 g/mol. The van der Waals surface area contributed by atoms with Crippen molar-refractivity contribution in [3.8, 4) is 0 Å². The molecule has 2 bridgehead atoms. The Bertz CT molecular complexity index is 829. The molecule has 2 saturated heterocycles. The highest BCUT2D eigenvalue weighted by Crippen LogP contribution is 2.55. The molecule has 2 heterocycles. The van der Waals surface area contributed by atoms with E-state index in [-0.39, 0.29) is 23.6 Å². The highest BCUT2D eigenvalue weighted by atomic mass is 16.7. The Morgan fingerprint density at radius 3 is 2.53 bits per heavy atom. The van der Waals surface area contributed by atoms with Crippen LogP contribution in [0.15, 0.2) is 11.1 Å². The summed E-state index contributed by atoms with van der Waals surface area (Å²) < 4.78 is 18.4. The van der Waals surface area contributed by atoms with Crippen LogP contribution in [0.2, 0.25) is 0 Å². The molecule has 3 aliphatic carbocycles. The summed E-state index contributed by atoms with van der Waals surface area (Å²) in [5.74, 6) is 0.365. The molecule has 0 aromatic rings. The van der Waals surface area contributed by atoms with Gasteiger partial charge in [0, 0.05) is 6.54 Å². The number of ether oxygens (including phenoxy) is 1. The first kappa shape index (κ1) is 23.6. The zero-order valence-electron chi connectivity index (χ0n) is 20.9. The Balaban J connectivity index is 1.49. The molecule has 5 rings (SSSR count). The number of carbonyl (C=O) groups excluding carboxylic acids is 2. The van der Waals surface area contributed by atoms with Gasteiger partial charge >= 0.3 is 13.2 Å². The Kier molecular flexibility index (Phi) is 5.73. The number of carbonyl (C=O) groups is 2. The predicted octanol–water partition coefficient (Wildman–Crippen LogP) is 3.86. The van der Waals surface area contributed by atoms with E-state index in [0.717, 1.165) is 25.7 Å². The number of likely N-dealkylation sites (tertiary alicyclic amines) is 1. The third-order valence-electron chi connectivity index (χ3n) is 7.43. The summed E-state index contributed by atoms with van der Waals surface area (Å²) in [7, 11) is -0.432. The van der Waals surface area contributed by atoms with Crippen LogP contribution in [0.25, 0.3) is 0 Å². The van der Waals surface area contributed by atoms with Gasteiger partial charge in [0.2, 0.25) is 5.91 Å². The molecule has 7 nitrogen and oxygen atoms in total. The van der Waals surface area contributed by atoms with E-state index in [1.807, 2.05) is 46.4 Å². The van der Waals surface area contributed by atoms with Crippen molar-refractivity contribution in [3.05, 3.63) is 11.1 Å². The molecule has 5 aliphatic rings. The van der Waals surface area contributed by atoms with Gasteiger partial charge in [-0.05, 0) is 77.2 Å². The number of alkyl carbamates (subject to hydrolysis) is 1. The first-order chi connectivity index (χ1) is 14.7. The van der Waals surface area contributed by atoms with E-state index >= 15 is 0 Å². The molecular weight excluding hydrogens is 407 g/mol. The minimum absolute atomic E-state index is 0.00615. The van der Waals surface area contributed by atoms with Gasteiger partial charge in [-0.25, -0.2) is 4.79 Å². The number of nitrogens with one attached hydrogen (secondary N) is 1. The van der Waals surface area contributed by atoms with Gasteiger partial charge in [0.25, 0.3) is 0 Å². The number of allylic oxidation sites excluding steroid dienone is 1. The molecule has 0 aromatic carbocycles. The van der Waals surface area contributed by atoms with Gasteiger partial charge in [-0.3, -0.25) is 4.79 Å². The molecule has 8 heteroatoms.